The maximum atomic E-state index is 13.9. The highest BCUT2D eigenvalue weighted by Gasteiger charge is 2.24. The van der Waals surface area contributed by atoms with Gasteiger partial charge in [0.1, 0.15) is 17.4 Å². The van der Waals surface area contributed by atoms with Gasteiger partial charge in [0.25, 0.3) is 5.91 Å². The average Bonchev–Trinajstić information content (AvgIpc) is 2.72. The van der Waals surface area contributed by atoms with Gasteiger partial charge >= 0.3 is 5.97 Å². The van der Waals surface area contributed by atoms with Gasteiger partial charge in [-0.2, -0.15) is 0 Å². The third-order valence-electron chi connectivity index (χ3n) is 4.55. The van der Waals surface area contributed by atoms with E-state index in [0.717, 1.165) is 6.07 Å². The fraction of sp³-hybridized carbons (Fsp3) is 0.300. The summed E-state index contributed by atoms with van der Waals surface area (Å²) in [5.74, 6) is -2.11. The Balaban J connectivity index is 1.51. The lowest BCUT2D eigenvalue weighted by atomic mass is 10.2. The average molecular weight is 390 g/mol. The number of halogens is 2. The van der Waals surface area contributed by atoms with E-state index in [9.17, 15) is 18.4 Å². The van der Waals surface area contributed by atoms with Gasteiger partial charge in [0.2, 0.25) is 0 Å². The number of hydrogen-bond acceptors (Lipinski definition) is 5. The lowest BCUT2D eigenvalue weighted by molar-refractivity contribution is -0.134. The zero-order valence-electron chi connectivity index (χ0n) is 15.4. The molecule has 0 atom stereocenters. The zero-order chi connectivity index (χ0) is 20.1. The minimum absolute atomic E-state index is 0.266. The van der Waals surface area contributed by atoms with Crippen LogP contribution in [0.25, 0.3) is 0 Å². The van der Waals surface area contributed by atoms with Gasteiger partial charge < -0.3 is 19.3 Å². The first-order valence-electron chi connectivity index (χ1n) is 8.77. The Labute approximate surface area is 161 Å². The van der Waals surface area contributed by atoms with Crippen LogP contribution in [0.3, 0.4) is 0 Å². The third kappa shape index (κ3) is 4.39. The third-order valence-corrected chi connectivity index (χ3v) is 4.55. The van der Waals surface area contributed by atoms with Crippen LogP contribution in [-0.2, 0) is 9.53 Å². The molecule has 1 amide bonds. The van der Waals surface area contributed by atoms with Gasteiger partial charge in [-0.25, -0.2) is 13.6 Å². The molecule has 148 valence electrons. The second-order valence-electron chi connectivity index (χ2n) is 6.24. The van der Waals surface area contributed by atoms with Crippen LogP contribution >= 0.6 is 0 Å². The van der Waals surface area contributed by atoms with E-state index in [-0.39, 0.29) is 23.0 Å². The molecule has 0 radical (unpaired) electrons. The number of esters is 1. The van der Waals surface area contributed by atoms with Gasteiger partial charge in [-0.3, -0.25) is 4.79 Å². The quantitative estimate of drug-likeness (QED) is 0.735. The predicted octanol–water partition coefficient (Wildman–Crippen LogP) is 2.48. The molecule has 2 aromatic carbocycles. The number of nitrogens with zero attached hydrogens (tertiary/aromatic N) is 2. The van der Waals surface area contributed by atoms with Crippen LogP contribution in [0.5, 0.6) is 5.75 Å². The van der Waals surface area contributed by atoms with Crippen molar-refractivity contribution in [1.29, 1.82) is 0 Å². The molecule has 28 heavy (non-hydrogen) atoms. The highest BCUT2D eigenvalue weighted by Crippen LogP contribution is 2.20. The van der Waals surface area contributed by atoms with Gasteiger partial charge in [-0.05, 0) is 24.3 Å². The molecule has 2 aromatic rings. The molecular formula is C20H20F2N2O4. The van der Waals surface area contributed by atoms with Gasteiger partial charge in [0, 0.05) is 32.2 Å². The van der Waals surface area contributed by atoms with Crippen molar-refractivity contribution in [2.24, 2.45) is 0 Å². The summed E-state index contributed by atoms with van der Waals surface area (Å²) in [6, 6.07) is 10.2. The number of piperazine rings is 1. The van der Waals surface area contributed by atoms with Crippen LogP contribution in [-0.4, -0.2) is 56.7 Å². The predicted molar refractivity (Wildman–Crippen MR) is 98.4 cm³/mol. The van der Waals surface area contributed by atoms with E-state index < -0.39 is 18.4 Å². The van der Waals surface area contributed by atoms with Crippen LogP contribution < -0.4 is 9.64 Å². The number of benzene rings is 2. The Morgan fingerprint density at radius 1 is 1.00 bits per heavy atom. The number of carbonyl (C=O) groups excluding carboxylic acids is 2. The largest absolute Gasteiger partial charge is 0.497 e. The molecule has 1 fully saturated rings. The van der Waals surface area contributed by atoms with Crippen LogP contribution in [0.4, 0.5) is 14.5 Å². The number of carbonyl (C=O) groups is 2. The molecule has 0 saturated carbocycles. The van der Waals surface area contributed by atoms with Crippen molar-refractivity contribution in [3.63, 3.8) is 0 Å². The molecule has 1 aliphatic rings. The summed E-state index contributed by atoms with van der Waals surface area (Å²) >= 11 is 0. The second kappa shape index (κ2) is 8.69. The van der Waals surface area contributed by atoms with E-state index >= 15 is 0 Å². The monoisotopic (exact) mass is 390 g/mol. The summed E-state index contributed by atoms with van der Waals surface area (Å²) in [6.07, 6.45) is 0. The summed E-state index contributed by atoms with van der Waals surface area (Å²) in [7, 11) is 1.39. The van der Waals surface area contributed by atoms with Crippen LogP contribution in [0.1, 0.15) is 10.4 Å². The summed E-state index contributed by atoms with van der Waals surface area (Å²) in [4.78, 5) is 27.7. The lowest BCUT2D eigenvalue weighted by Crippen LogP contribution is -2.50. The molecule has 0 spiro atoms. The molecule has 1 aliphatic heterocycles. The number of anilines is 1. The van der Waals surface area contributed by atoms with Crippen LogP contribution in [0, 0.1) is 11.6 Å². The highest BCUT2D eigenvalue weighted by atomic mass is 19.1. The van der Waals surface area contributed by atoms with Gasteiger partial charge in [-0.15, -0.1) is 0 Å². The smallest absolute Gasteiger partial charge is 0.341 e. The Bertz CT molecular complexity index is 867. The number of ether oxygens (including phenoxy) is 2. The number of para-hydroxylation sites is 1. The van der Waals surface area contributed by atoms with Crippen molar-refractivity contribution in [2.45, 2.75) is 0 Å². The van der Waals surface area contributed by atoms with E-state index in [2.05, 4.69) is 0 Å². The zero-order valence-corrected chi connectivity index (χ0v) is 15.4. The van der Waals surface area contributed by atoms with E-state index in [1.807, 2.05) is 4.90 Å². The fourth-order valence-electron chi connectivity index (χ4n) is 2.99. The molecule has 0 N–H and O–H groups in total. The van der Waals surface area contributed by atoms with Gasteiger partial charge in [0.05, 0.1) is 18.4 Å². The maximum Gasteiger partial charge on any atom is 0.341 e. The second-order valence-corrected chi connectivity index (χ2v) is 6.24. The first-order chi connectivity index (χ1) is 13.5. The van der Waals surface area contributed by atoms with Crippen molar-refractivity contribution in [3.05, 3.63) is 59.7 Å². The van der Waals surface area contributed by atoms with E-state index in [0.29, 0.717) is 31.9 Å². The van der Waals surface area contributed by atoms with Gasteiger partial charge in [0.15, 0.2) is 6.61 Å². The lowest BCUT2D eigenvalue weighted by Gasteiger charge is -2.36. The Morgan fingerprint density at radius 3 is 2.36 bits per heavy atom. The Hall–Kier alpha value is -3.16. The molecule has 0 bridgehead atoms. The molecule has 0 aromatic heterocycles. The summed E-state index contributed by atoms with van der Waals surface area (Å²) in [5, 5.41) is 0. The van der Waals surface area contributed by atoms with Crippen molar-refractivity contribution >= 4 is 17.6 Å². The molecule has 0 aliphatic carbocycles. The Morgan fingerprint density at radius 2 is 1.71 bits per heavy atom. The molecule has 1 heterocycles. The Kier molecular flexibility index (Phi) is 6.08. The van der Waals surface area contributed by atoms with Gasteiger partial charge in [-0.1, -0.05) is 12.1 Å². The number of amides is 1. The molecule has 0 unspecified atom stereocenters. The SMILES string of the molecule is COc1ccc(C(=O)OCC(=O)N2CCN(c3ccccc3F)CC2)c(F)c1. The number of methoxy groups -OCH3 is 1. The fourth-order valence-corrected chi connectivity index (χ4v) is 2.99. The van der Waals surface area contributed by atoms with Crippen molar-refractivity contribution in [1.82, 2.24) is 4.90 Å². The minimum atomic E-state index is -0.918. The van der Waals surface area contributed by atoms with Crippen LogP contribution in [0.15, 0.2) is 42.5 Å². The van der Waals surface area contributed by atoms with Crippen LogP contribution in [0.2, 0.25) is 0 Å². The molecule has 6 nitrogen and oxygen atoms in total. The number of hydrogen-bond donors (Lipinski definition) is 0. The first-order valence-corrected chi connectivity index (χ1v) is 8.77. The summed E-state index contributed by atoms with van der Waals surface area (Å²) in [5.41, 5.74) is 0.231. The van der Waals surface area contributed by atoms with E-state index in [1.165, 1.54) is 30.2 Å². The molecular weight excluding hydrogens is 370 g/mol. The summed E-state index contributed by atoms with van der Waals surface area (Å²) < 4.78 is 37.6. The minimum Gasteiger partial charge on any atom is -0.497 e. The maximum absolute atomic E-state index is 13.9. The topological polar surface area (TPSA) is 59.1 Å². The molecule has 8 heteroatoms. The summed E-state index contributed by atoms with van der Waals surface area (Å²) in [6.45, 7) is 1.20. The van der Waals surface area contributed by atoms with E-state index in [4.69, 9.17) is 9.47 Å². The van der Waals surface area contributed by atoms with Crippen molar-refractivity contribution in [3.8, 4) is 5.75 Å². The van der Waals surface area contributed by atoms with E-state index in [1.54, 1.807) is 18.2 Å². The highest BCUT2D eigenvalue weighted by molar-refractivity contribution is 5.91. The molecule has 1 saturated heterocycles. The normalized spacial score (nSPS) is 14.0. The van der Waals surface area contributed by atoms with Crippen molar-refractivity contribution in [2.75, 3.05) is 44.8 Å². The molecule has 3 rings (SSSR count). The number of rotatable bonds is 5. The first kappa shape index (κ1) is 19.6. The standard InChI is InChI=1S/C20H20F2N2O4/c1-27-14-6-7-15(17(22)12-14)20(26)28-13-19(25)24-10-8-23(9-11-24)18-5-3-2-4-16(18)21/h2-7,12H,8-11,13H2,1H3. The van der Waals surface area contributed by atoms with Crippen molar-refractivity contribution < 1.29 is 27.8 Å².